The van der Waals surface area contributed by atoms with E-state index < -0.39 is 18.0 Å². The lowest BCUT2D eigenvalue weighted by Gasteiger charge is -2.29. The number of rotatable bonds is 6. The minimum absolute atomic E-state index is 0.256. The number of aliphatic hydroxyl groups is 1. The van der Waals surface area contributed by atoms with Crippen molar-refractivity contribution in [3.05, 3.63) is 53.6 Å². The van der Waals surface area contributed by atoms with E-state index in [0.29, 0.717) is 31.8 Å². The number of aliphatic hydroxyl groups excluding tert-OH is 1. The molecule has 1 aliphatic heterocycles. The van der Waals surface area contributed by atoms with Crippen LogP contribution >= 0.6 is 0 Å². The Bertz CT molecular complexity index is 715. The van der Waals surface area contributed by atoms with E-state index in [4.69, 9.17) is 0 Å². The Morgan fingerprint density at radius 1 is 1.31 bits per heavy atom. The molecule has 2 heterocycles. The third-order valence-electron chi connectivity index (χ3n) is 4.79. The van der Waals surface area contributed by atoms with Gasteiger partial charge in [0.15, 0.2) is 5.69 Å². The smallest absolute Gasteiger partial charge is 0.391 e. The molecule has 0 radical (unpaired) electrons. The Morgan fingerprint density at radius 3 is 2.73 bits per heavy atom. The second-order valence-electron chi connectivity index (χ2n) is 7.16. The Morgan fingerprint density at radius 2 is 2.04 bits per heavy atom. The number of imidazole rings is 1. The third-order valence-corrected chi connectivity index (χ3v) is 4.79. The summed E-state index contributed by atoms with van der Waals surface area (Å²) in [6, 6.07) is 9.82. The highest BCUT2D eigenvalue weighted by atomic mass is 19.4. The van der Waals surface area contributed by atoms with Gasteiger partial charge in [0.05, 0.1) is 6.10 Å². The van der Waals surface area contributed by atoms with Gasteiger partial charge in [-0.25, -0.2) is 4.98 Å². The van der Waals surface area contributed by atoms with Crippen LogP contribution in [0.25, 0.3) is 0 Å². The molecule has 0 saturated heterocycles. The number of hydrogen-bond donors (Lipinski definition) is 1. The molecular formula is C19H24F3N3O. The number of hydrogen-bond acceptors (Lipinski definition) is 3. The fraction of sp³-hybridized carbons (Fsp3) is 0.526. The van der Waals surface area contributed by atoms with Crippen molar-refractivity contribution in [2.45, 2.75) is 38.1 Å². The van der Waals surface area contributed by atoms with Gasteiger partial charge in [0, 0.05) is 32.3 Å². The van der Waals surface area contributed by atoms with Crippen molar-refractivity contribution >= 4 is 0 Å². The standard InChI is InChI=1S/C19H24F3N3O/c1-24(12-16(26)9-14-5-3-2-4-6-14)10-15-7-8-18-23-17(19(20,21)22)13-25(18)11-15/h2-6,13,15-16,26H,7-12H2,1H3/t15-,16-/m0/s1. The van der Waals surface area contributed by atoms with Crippen LogP contribution in [0, 0.1) is 5.92 Å². The van der Waals surface area contributed by atoms with E-state index in [0.717, 1.165) is 24.7 Å². The van der Waals surface area contributed by atoms with Crippen LogP contribution in [0.5, 0.6) is 0 Å². The molecule has 7 heteroatoms. The number of fused-ring (bicyclic) bond motifs is 1. The zero-order valence-electron chi connectivity index (χ0n) is 14.8. The van der Waals surface area contributed by atoms with Crippen molar-refractivity contribution in [3.8, 4) is 0 Å². The van der Waals surface area contributed by atoms with E-state index in [9.17, 15) is 18.3 Å². The highest BCUT2D eigenvalue weighted by molar-refractivity contribution is 5.15. The molecule has 1 aromatic heterocycles. The molecule has 0 aliphatic carbocycles. The van der Waals surface area contributed by atoms with Crippen LogP contribution in [-0.2, 0) is 25.6 Å². The first-order valence-electron chi connectivity index (χ1n) is 8.85. The molecule has 1 N–H and O–H groups in total. The molecule has 0 bridgehead atoms. The maximum Gasteiger partial charge on any atom is 0.434 e. The Balaban J connectivity index is 1.51. The summed E-state index contributed by atoms with van der Waals surface area (Å²) in [5, 5.41) is 10.3. The summed E-state index contributed by atoms with van der Waals surface area (Å²) in [5.41, 5.74) is 0.286. The van der Waals surface area contributed by atoms with Gasteiger partial charge >= 0.3 is 6.18 Å². The van der Waals surface area contributed by atoms with E-state index in [2.05, 4.69) is 9.88 Å². The molecule has 4 nitrogen and oxygen atoms in total. The van der Waals surface area contributed by atoms with Crippen LogP contribution in [0.2, 0.25) is 0 Å². The summed E-state index contributed by atoms with van der Waals surface area (Å²) in [7, 11) is 1.94. The topological polar surface area (TPSA) is 41.3 Å². The second kappa shape index (κ2) is 7.80. The molecule has 0 spiro atoms. The molecule has 0 amide bonds. The van der Waals surface area contributed by atoms with E-state index >= 15 is 0 Å². The van der Waals surface area contributed by atoms with Crippen LogP contribution < -0.4 is 0 Å². The summed E-state index contributed by atoms with van der Waals surface area (Å²) < 4.78 is 40.0. The van der Waals surface area contributed by atoms with E-state index in [1.807, 2.05) is 37.4 Å². The number of aromatic nitrogens is 2. The van der Waals surface area contributed by atoms with Gasteiger partial charge in [-0.15, -0.1) is 0 Å². The quantitative estimate of drug-likeness (QED) is 0.853. The van der Waals surface area contributed by atoms with Crippen molar-refractivity contribution in [3.63, 3.8) is 0 Å². The lowest BCUT2D eigenvalue weighted by molar-refractivity contribution is -0.141. The minimum atomic E-state index is -4.39. The summed E-state index contributed by atoms with van der Waals surface area (Å²) in [4.78, 5) is 5.78. The van der Waals surface area contributed by atoms with Gasteiger partial charge in [-0.2, -0.15) is 13.2 Å². The highest BCUT2D eigenvalue weighted by Gasteiger charge is 2.35. The number of halogens is 3. The molecule has 3 rings (SSSR count). The largest absolute Gasteiger partial charge is 0.434 e. The zero-order valence-corrected chi connectivity index (χ0v) is 14.8. The fourth-order valence-electron chi connectivity index (χ4n) is 3.63. The molecule has 1 aliphatic rings. The van der Waals surface area contributed by atoms with Gasteiger partial charge in [0.2, 0.25) is 0 Å². The van der Waals surface area contributed by atoms with Gasteiger partial charge in [-0.1, -0.05) is 30.3 Å². The molecule has 2 aromatic rings. The SMILES string of the molecule is CN(C[C@@H](O)Cc1ccccc1)C[C@@H]1CCc2nc(C(F)(F)F)cn2C1. The highest BCUT2D eigenvalue weighted by Crippen LogP contribution is 2.30. The number of likely N-dealkylation sites (N-methyl/N-ethyl adjacent to an activating group) is 1. The van der Waals surface area contributed by atoms with Crippen LogP contribution in [0.3, 0.4) is 0 Å². The van der Waals surface area contributed by atoms with Gasteiger partial charge in [-0.3, -0.25) is 0 Å². The van der Waals surface area contributed by atoms with E-state index in [-0.39, 0.29) is 5.92 Å². The van der Waals surface area contributed by atoms with E-state index in [1.54, 1.807) is 4.57 Å². The molecule has 2 atom stereocenters. The number of nitrogens with zero attached hydrogens (tertiary/aromatic N) is 3. The molecule has 0 unspecified atom stereocenters. The summed E-state index contributed by atoms with van der Waals surface area (Å²) in [5.74, 6) is 0.770. The second-order valence-corrected chi connectivity index (χ2v) is 7.16. The summed E-state index contributed by atoms with van der Waals surface area (Å²) >= 11 is 0. The predicted molar refractivity (Wildman–Crippen MR) is 92.7 cm³/mol. The Kier molecular flexibility index (Phi) is 5.67. The van der Waals surface area contributed by atoms with Crippen molar-refractivity contribution in [2.75, 3.05) is 20.1 Å². The molecule has 142 valence electrons. The number of alkyl halides is 3. The maximum atomic E-state index is 12.8. The van der Waals surface area contributed by atoms with Crippen LogP contribution in [0.15, 0.2) is 36.5 Å². The Labute approximate surface area is 151 Å². The molecule has 26 heavy (non-hydrogen) atoms. The molecule has 0 saturated carbocycles. The van der Waals surface area contributed by atoms with Crippen LogP contribution in [-0.4, -0.2) is 45.8 Å². The van der Waals surface area contributed by atoms with Crippen LogP contribution in [0.4, 0.5) is 13.2 Å². The first-order chi connectivity index (χ1) is 12.3. The lowest BCUT2D eigenvalue weighted by atomic mass is 9.98. The average molecular weight is 367 g/mol. The summed E-state index contributed by atoms with van der Waals surface area (Å²) in [6.45, 7) is 1.82. The zero-order chi connectivity index (χ0) is 18.7. The summed E-state index contributed by atoms with van der Waals surface area (Å²) in [6.07, 6.45) is -1.78. The van der Waals surface area contributed by atoms with Crippen molar-refractivity contribution in [1.29, 1.82) is 0 Å². The van der Waals surface area contributed by atoms with Gasteiger partial charge in [0.1, 0.15) is 5.82 Å². The van der Waals surface area contributed by atoms with Crippen LogP contribution in [0.1, 0.15) is 23.5 Å². The minimum Gasteiger partial charge on any atom is -0.391 e. The first-order valence-corrected chi connectivity index (χ1v) is 8.85. The molecular weight excluding hydrogens is 343 g/mol. The molecule has 0 fully saturated rings. The number of benzene rings is 1. The Hall–Kier alpha value is -1.86. The van der Waals surface area contributed by atoms with Crippen molar-refractivity contribution in [1.82, 2.24) is 14.5 Å². The maximum absolute atomic E-state index is 12.8. The van der Waals surface area contributed by atoms with E-state index in [1.165, 1.54) is 0 Å². The lowest BCUT2D eigenvalue weighted by Crippen LogP contribution is -2.36. The predicted octanol–water partition coefficient (Wildman–Crippen LogP) is 3.00. The van der Waals surface area contributed by atoms with Gasteiger partial charge < -0.3 is 14.6 Å². The average Bonchev–Trinajstić information content (AvgIpc) is 2.99. The number of aryl methyl sites for hydroxylation is 1. The van der Waals surface area contributed by atoms with Gasteiger partial charge in [0.25, 0.3) is 0 Å². The molecule has 1 aromatic carbocycles. The van der Waals surface area contributed by atoms with Crippen molar-refractivity contribution < 1.29 is 18.3 Å². The monoisotopic (exact) mass is 367 g/mol. The third kappa shape index (κ3) is 4.86. The van der Waals surface area contributed by atoms with Gasteiger partial charge in [-0.05, 0) is 31.4 Å². The normalized spacial score (nSPS) is 18.8. The fourth-order valence-corrected chi connectivity index (χ4v) is 3.63. The first kappa shape index (κ1) is 18.9. The van der Waals surface area contributed by atoms with Crippen molar-refractivity contribution in [2.24, 2.45) is 5.92 Å².